The first-order valence-electron chi connectivity index (χ1n) is 8.08. The molecule has 2 heterocycles. The van der Waals surface area contributed by atoms with Gasteiger partial charge in [-0.05, 0) is 17.7 Å². The van der Waals surface area contributed by atoms with Crippen LogP contribution in [0.2, 0.25) is 0 Å². The van der Waals surface area contributed by atoms with Crippen LogP contribution in [-0.4, -0.2) is 36.2 Å². The van der Waals surface area contributed by atoms with Gasteiger partial charge in [0.2, 0.25) is 0 Å². The molecule has 7 nitrogen and oxygen atoms in total. The van der Waals surface area contributed by atoms with Crippen LogP contribution in [0.1, 0.15) is 5.56 Å². The molecule has 1 aromatic heterocycles. The molecule has 4 rings (SSSR count). The van der Waals surface area contributed by atoms with Crippen molar-refractivity contribution in [3.63, 3.8) is 0 Å². The van der Waals surface area contributed by atoms with Gasteiger partial charge in [0, 0.05) is 23.6 Å². The van der Waals surface area contributed by atoms with Gasteiger partial charge < -0.3 is 24.3 Å². The van der Waals surface area contributed by atoms with Gasteiger partial charge in [-0.3, -0.25) is 0 Å². The standard InChI is InChI=1S/C19H17N3O4.Li/c1-25-16-8-12-13(9-17(16)26-2)20-10-21-18(12)22-14-6-4-3-5-11(14)7-15(22)19(23)24;/h3-6,8-10,15H,7H2,1-2H3,(H,23,24);/q;+1/p-1. The molecule has 2 aromatic carbocycles. The molecule has 0 N–H and O–H groups in total. The number of hydrogen-bond donors (Lipinski definition) is 0. The number of carbonyl (C=O) groups is 1. The molecular weight excluding hydrogens is 341 g/mol. The smallest absolute Gasteiger partial charge is 0.548 e. The van der Waals surface area contributed by atoms with Crippen molar-refractivity contribution in [3.8, 4) is 11.5 Å². The van der Waals surface area contributed by atoms with Crippen molar-refractivity contribution < 1.29 is 38.2 Å². The summed E-state index contributed by atoms with van der Waals surface area (Å²) in [5.74, 6) is 0.417. The minimum Gasteiger partial charge on any atom is -0.548 e. The van der Waals surface area contributed by atoms with Crippen LogP contribution in [0.5, 0.6) is 11.5 Å². The van der Waals surface area contributed by atoms with E-state index in [1.807, 2.05) is 24.3 Å². The summed E-state index contributed by atoms with van der Waals surface area (Å²) in [6.45, 7) is 0. The van der Waals surface area contributed by atoms with Crippen LogP contribution in [0, 0.1) is 0 Å². The molecule has 0 amide bonds. The second-order valence-electron chi connectivity index (χ2n) is 5.96. The number of nitrogens with zero attached hydrogens (tertiary/aromatic N) is 3. The van der Waals surface area contributed by atoms with E-state index in [0.717, 1.165) is 11.3 Å². The molecule has 0 fully saturated rings. The normalized spacial score (nSPS) is 15.2. The van der Waals surface area contributed by atoms with E-state index >= 15 is 0 Å². The molecule has 1 atom stereocenters. The van der Waals surface area contributed by atoms with Gasteiger partial charge in [-0.1, -0.05) is 18.2 Å². The van der Waals surface area contributed by atoms with E-state index in [9.17, 15) is 9.90 Å². The number of carboxylic acid groups (broad SMARTS) is 1. The topological polar surface area (TPSA) is 87.6 Å². The zero-order chi connectivity index (χ0) is 18.3. The fourth-order valence-corrected chi connectivity index (χ4v) is 3.40. The van der Waals surface area contributed by atoms with Gasteiger partial charge in [0.1, 0.15) is 12.1 Å². The first-order chi connectivity index (χ1) is 12.6. The molecular formula is C19H16LiN3O4. The fourth-order valence-electron chi connectivity index (χ4n) is 3.40. The maximum Gasteiger partial charge on any atom is 1.00 e. The van der Waals surface area contributed by atoms with Crippen molar-refractivity contribution >= 4 is 28.4 Å². The number of methoxy groups -OCH3 is 2. The van der Waals surface area contributed by atoms with Gasteiger partial charge in [-0.25, -0.2) is 9.97 Å². The Balaban J connectivity index is 0.00000210. The van der Waals surface area contributed by atoms with Crippen LogP contribution in [0.25, 0.3) is 10.9 Å². The Morgan fingerprint density at radius 2 is 1.85 bits per heavy atom. The van der Waals surface area contributed by atoms with E-state index in [2.05, 4.69) is 9.97 Å². The molecule has 0 saturated heterocycles. The van der Waals surface area contributed by atoms with Crippen molar-refractivity contribution in [2.75, 3.05) is 19.1 Å². The largest absolute Gasteiger partial charge is 1.00 e. The number of aliphatic carboxylic acids is 1. The minimum absolute atomic E-state index is 0. The first-order valence-corrected chi connectivity index (χ1v) is 8.08. The predicted molar refractivity (Wildman–Crippen MR) is 93.7 cm³/mol. The van der Waals surface area contributed by atoms with Gasteiger partial charge in [0.25, 0.3) is 0 Å². The molecule has 1 aliphatic rings. The molecule has 0 aliphatic carbocycles. The Bertz CT molecular complexity index is 1010. The molecule has 3 aromatic rings. The molecule has 0 spiro atoms. The molecule has 132 valence electrons. The van der Waals surface area contributed by atoms with Gasteiger partial charge in [-0.2, -0.15) is 0 Å². The van der Waals surface area contributed by atoms with Crippen molar-refractivity contribution in [1.82, 2.24) is 9.97 Å². The summed E-state index contributed by atoms with van der Waals surface area (Å²) in [6, 6.07) is 10.2. The molecule has 27 heavy (non-hydrogen) atoms. The van der Waals surface area contributed by atoms with E-state index in [4.69, 9.17) is 9.47 Å². The summed E-state index contributed by atoms with van der Waals surface area (Å²) in [5.41, 5.74) is 2.37. The number of para-hydroxylation sites is 1. The van der Waals surface area contributed by atoms with Crippen LogP contribution in [0.4, 0.5) is 11.5 Å². The van der Waals surface area contributed by atoms with E-state index < -0.39 is 12.0 Å². The van der Waals surface area contributed by atoms with E-state index in [-0.39, 0.29) is 18.9 Å². The summed E-state index contributed by atoms with van der Waals surface area (Å²) in [5, 5.41) is 12.4. The van der Waals surface area contributed by atoms with Gasteiger partial charge in [0.05, 0.1) is 31.7 Å². The summed E-state index contributed by atoms with van der Waals surface area (Å²) in [7, 11) is 3.09. The maximum atomic E-state index is 11.8. The van der Waals surface area contributed by atoms with Crippen LogP contribution in [0.3, 0.4) is 0 Å². The van der Waals surface area contributed by atoms with Crippen molar-refractivity contribution in [2.24, 2.45) is 0 Å². The average Bonchev–Trinajstić information content (AvgIpc) is 3.06. The number of fused-ring (bicyclic) bond motifs is 2. The third-order valence-electron chi connectivity index (χ3n) is 4.60. The van der Waals surface area contributed by atoms with Crippen molar-refractivity contribution in [3.05, 3.63) is 48.3 Å². The Morgan fingerprint density at radius 1 is 1.15 bits per heavy atom. The van der Waals surface area contributed by atoms with Crippen LogP contribution >= 0.6 is 0 Å². The molecule has 0 radical (unpaired) electrons. The second-order valence-corrected chi connectivity index (χ2v) is 5.96. The van der Waals surface area contributed by atoms with Crippen molar-refractivity contribution in [1.29, 1.82) is 0 Å². The number of carboxylic acids is 1. The average molecular weight is 357 g/mol. The van der Waals surface area contributed by atoms with E-state index in [1.165, 1.54) is 6.33 Å². The summed E-state index contributed by atoms with van der Waals surface area (Å²) >= 11 is 0. The summed E-state index contributed by atoms with van der Waals surface area (Å²) in [4.78, 5) is 22.1. The number of anilines is 2. The van der Waals surface area contributed by atoms with E-state index in [0.29, 0.717) is 34.6 Å². The Labute approximate surface area is 168 Å². The first kappa shape index (κ1) is 19.0. The third-order valence-corrected chi connectivity index (χ3v) is 4.60. The van der Waals surface area contributed by atoms with Crippen LogP contribution < -0.4 is 38.3 Å². The molecule has 1 aliphatic heterocycles. The van der Waals surface area contributed by atoms with Gasteiger partial charge >= 0.3 is 18.9 Å². The maximum absolute atomic E-state index is 11.8. The zero-order valence-corrected chi connectivity index (χ0v) is 15.3. The van der Waals surface area contributed by atoms with E-state index in [1.54, 1.807) is 31.3 Å². The Kier molecular flexibility index (Phi) is 5.26. The van der Waals surface area contributed by atoms with Gasteiger partial charge in [-0.15, -0.1) is 0 Å². The number of carbonyl (C=O) groups excluding carboxylic acids is 1. The second kappa shape index (κ2) is 7.47. The SMILES string of the molecule is COc1cc2ncnc(N3c4ccccc4CC3C(=O)[O-])c2cc1OC.[Li+]. The van der Waals surface area contributed by atoms with Crippen LogP contribution in [0.15, 0.2) is 42.7 Å². The molecule has 0 saturated carbocycles. The number of hydrogen-bond acceptors (Lipinski definition) is 7. The number of rotatable bonds is 4. The minimum atomic E-state index is -1.14. The predicted octanol–water partition coefficient (Wildman–Crippen LogP) is -1.54. The van der Waals surface area contributed by atoms with Crippen LogP contribution in [-0.2, 0) is 11.2 Å². The number of aromatic nitrogens is 2. The fraction of sp³-hybridized carbons (Fsp3) is 0.211. The summed E-state index contributed by atoms with van der Waals surface area (Å²) in [6.07, 6.45) is 1.77. The van der Waals surface area contributed by atoms with Gasteiger partial charge in [0.15, 0.2) is 11.5 Å². The zero-order valence-electron chi connectivity index (χ0n) is 15.3. The Morgan fingerprint density at radius 3 is 2.56 bits per heavy atom. The molecule has 0 bridgehead atoms. The third kappa shape index (κ3) is 3.09. The number of benzene rings is 2. The summed E-state index contributed by atoms with van der Waals surface area (Å²) < 4.78 is 10.7. The quantitative estimate of drug-likeness (QED) is 0.523. The monoisotopic (exact) mass is 357 g/mol. The number of ether oxygens (including phenoxy) is 2. The molecule has 8 heteroatoms. The molecule has 1 unspecified atom stereocenters. The Hall–Kier alpha value is -2.75. The van der Waals surface area contributed by atoms with Crippen molar-refractivity contribution in [2.45, 2.75) is 12.5 Å².